The number of nitrogens with one attached hydrogen (secondary N) is 1. The van der Waals surface area contributed by atoms with Gasteiger partial charge in [-0.1, -0.05) is 0 Å². The van der Waals surface area contributed by atoms with E-state index in [1.165, 1.54) is 5.69 Å². The van der Waals surface area contributed by atoms with E-state index in [9.17, 15) is 0 Å². The van der Waals surface area contributed by atoms with E-state index in [2.05, 4.69) is 45.2 Å². The van der Waals surface area contributed by atoms with E-state index in [4.69, 9.17) is 9.47 Å². The fourth-order valence-corrected chi connectivity index (χ4v) is 2.85. The molecule has 2 aromatic rings. The largest absolute Gasteiger partial charge is 0.381 e. The molecule has 3 heterocycles. The highest BCUT2D eigenvalue weighted by atomic mass is 16.5. The topological polar surface area (TPSA) is 61.2 Å². The van der Waals surface area contributed by atoms with Crippen LogP contribution in [0.5, 0.6) is 0 Å². The van der Waals surface area contributed by atoms with Crippen LogP contribution in [0, 0.1) is 0 Å². The molecule has 3 rings (SSSR count). The van der Waals surface area contributed by atoms with Crippen molar-refractivity contribution >= 4 is 5.82 Å². The minimum absolute atomic E-state index is 0.363. The first kappa shape index (κ1) is 16.0. The molecule has 0 aliphatic carbocycles. The van der Waals surface area contributed by atoms with Crippen molar-refractivity contribution in [3.8, 4) is 0 Å². The van der Waals surface area contributed by atoms with Gasteiger partial charge in [0.25, 0.3) is 0 Å². The summed E-state index contributed by atoms with van der Waals surface area (Å²) >= 11 is 0. The van der Waals surface area contributed by atoms with E-state index in [-0.39, 0.29) is 0 Å². The number of hydrogen-bond donors (Lipinski definition) is 1. The zero-order valence-electron chi connectivity index (χ0n) is 13.8. The number of aryl methyl sites for hydroxylation is 1. The average Bonchev–Trinajstić information content (AvgIpc) is 3.20. The SMILES string of the molecule is COCc1nc(NCCc2cccn2C)cc([C@H]2CCOC2)n1. The molecule has 0 saturated carbocycles. The molecule has 1 N–H and O–H groups in total. The van der Waals surface area contributed by atoms with Crippen LogP contribution < -0.4 is 5.32 Å². The van der Waals surface area contributed by atoms with Gasteiger partial charge in [0.2, 0.25) is 0 Å². The van der Waals surface area contributed by atoms with Crippen LogP contribution >= 0.6 is 0 Å². The monoisotopic (exact) mass is 316 g/mol. The molecule has 1 saturated heterocycles. The Morgan fingerprint density at radius 2 is 2.35 bits per heavy atom. The lowest BCUT2D eigenvalue weighted by atomic mass is 10.0. The summed E-state index contributed by atoms with van der Waals surface area (Å²) < 4.78 is 12.8. The van der Waals surface area contributed by atoms with Gasteiger partial charge in [0.1, 0.15) is 12.4 Å². The lowest BCUT2D eigenvalue weighted by molar-refractivity contribution is 0.177. The Hall–Kier alpha value is -1.92. The maximum absolute atomic E-state index is 5.48. The van der Waals surface area contributed by atoms with Gasteiger partial charge in [-0.2, -0.15) is 0 Å². The maximum atomic E-state index is 5.48. The molecular formula is C17H24N4O2. The number of anilines is 1. The number of hydrogen-bond acceptors (Lipinski definition) is 5. The van der Waals surface area contributed by atoms with E-state index in [1.807, 2.05) is 6.07 Å². The first-order valence-electron chi connectivity index (χ1n) is 8.05. The summed E-state index contributed by atoms with van der Waals surface area (Å²) in [5.41, 5.74) is 2.35. The second-order valence-electron chi connectivity index (χ2n) is 5.88. The minimum atomic E-state index is 0.363. The van der Waals surface area contributed by atoms with Crippen LogP contribution in [0.2, 0.25) is 0 Å². The molecule has 124 valence electrons. The molecule has 1 fully saturated rings. The summed E-state index contributed by atoms with van der Waals surface area (Å²) in [5, 5.41) is 3.41. The zero-order chi connectivity index (χ0) is 16.1. The molecule has 6 heteroatoms. The molecule has 2 aromatic heterocycles. The molecular weight excluding hydrogens is 292 g/mol. The second-order valence-corrected chi connectivity index (χ2v) is 5.88. The summed E-state index contributed by atoms with van der Waals surface area (Å²) in [6.07, 6.45) is 4.04. The molecule has 0 radical (unpaired) electrons. The molecule has 23 heavy (non-hydrogen) atoms. The highest BCUT2D eigenvalue weighted by Gasteiger charge is 2.20. The summed E-state index contributed by atoms with van der Waals surface area (Å²) in [5.74, 6) is 1.95. The predicted molar refractivity (Wildman–Crippen MR) is 88.5 cm³/mol. The Labute approximate surface area is 136 Å². The number of aromatic nitrogens is 3. The third-order valence-electron chi connectivity index (χ3n) is 4.15. The van der Waals surface area contributed by atoms with Gasteiger partial charge in [-0.05, 0) is 18.6 Å². The molecule has 0 aromatic carbocycles. The van der Waals surface area contributed by atoms with Gasteiger partial charge in [-0.15, -0.1) is 0 Å². The van der Waals surface area contributed by atoms with Crippen LogP contribution in [-0.4, -0.2) is 41.4 Å². The van der Waals surface area contributed by atoms with Crippen molar-refractivity contribution in [3.63, 3.8) is 0 Å². The number of rotatable bonds is 7. The van der Waals surface area contributed by atoms with Gasteiger partial charge in [0, 0.05) is 57.6 Å². The number of methoxy groups -OCH3 is 1. The van der Waals surface area contributed by atoms with Gasteiger partial charge >= 0.3 is 0 Å². The standard InChI is InChI=1S/C17H24N4O2/c1-21-8-3-4-14(21)5-7-18-16-10-15(13-6-9-23-11-13)19-17(20-16)12-22-2/h3-4,8,10,13H,5-7,9,11-12H2,1-2H3,(H,18,19,20)/t13-/m0/s1. The van der Waals surface area contributed by atoms with Crippen LogP contribution in [0.3, 0.4) is 0 Å². The van der Waals surface area contributed by atoms with Crippen LogP contribution in [0.15, 0.2) is 24.4 Å². The molecule has 6 nitrogen and oxygen atoms in total. The molecule has 0 unspecified atom stereocenters. The molecule has 1 aliphatic rings. The highest BCUT2D eigenvalue weighted by Crippen LogP contribution is 2.25. The average molecular weight is 316 g/mol. The van der Waals surface area contributed by atoms with Gasteiger partial charge in [0.15, 0.2) is 5.82 Å². The van der Waals surface area contributed by atoms with Gasteiger partial charge < -0.3 is 19.4 Å². The molecule has 0 amide bonds. The van der Waals surface area contributed by atoms with Crippen molar-refractivity contribution in [2.24, 2.45) is 7.05 Å². The quantitative estimate of drug-likeness (QED) is 0.848. The van der Waals surface area contributed by atoms with Crippen molar-refractivity contribution in [1.29, 1.82) is 0 Å². The van der Waals surface area contributed by atoms with Crippen molar-refractivity contribution < 1.29 is 9.47 Å². The van der Waals surface area contributed by atoms with E-state index in [0.29, 0.717) is 12.5 Å². The maximum Gasteiger partial charge on any atom is 0.156 e. The van der Waals surface area contributed by atoms with Gasteiger partial charge in [0.05, 0.1) is 12.3 Å². The Kier molecular flexibility index (Phi) is 5.25. The molecule has 0 spiro atoms. The van der Waals surface area contributed by atoms with Crippen LogP contribution in [0.25, 0.3) is 0 Å². The summed E-state index contributed by atoms with van der Waals surface area (Å²) in [6.45, 7) is 2.81. The van der Waals surface area contributed by atoms with Crippen molar-refractivity contribution in [2.75, 3.05) is 32.2 Å². The van der Waals surface area contributed by atoms with Crippen molar-refractivity contribution in [2.45, 2.75) is 25.4 Å². The third-order valence-corrected chi connectivity index (χ3v) is 4.15. The zero-order valence-corrected chi connectivity index (χ0v) is 13.8. The first-order chi connectivity index (χ1) is 11.3. The summed E-state index contributed by atoms with van der Waals surface area (Å²) in [4.78, 5) is 9.16. The predicted octanol–water partition coefficient (Wildman–Crippen LogP) is 2.12. The highest BCUT2D eigenvalue weighted by molar-refractivity contribution is 5.37. The Morgan fingerprint density at radius 3 is 3.04 bits per heavy atom. The fourth-order valence-electron chi connectivity index (χ4n) is 2.85. The molecule has 1 atom stereocenters. The smallest absolute Gasteiger partial charge is 0.156 e. The minimum Gasteiger partial charge on any atom is -0.381 e. The van der Waals surface area contributed by atoms with E-state index in [1.54, 1.807) is 7.11 Å². The normalized spacial score (nSPS) is 17.6. The van der Waals surface area contributed by atoms with E-state index in [0.717, 1.165) is 49.9 Å². The number of nitrogens with zero attached hydrogens (tertiary/aromatic N) is 3. The number of ether oxygens (including phenoxy) is 2. The lowest BCUT2D eigenvalue weighted by Gasteiger charge is -2.13. The van der Waals surface area contributed by atoms with E-state index >= 15 is 0 Å². The summed E-state index contributed by atoms with van der Waals surface area (Å²) in [6, 6.07) is 6.25. The Bertz CT molecular complexity index is 635. The van der Waals surface area contributed by atoms with Gasteiger partial charge in [-0.3, -0.25) is 0 Å². The Balaban J connectivity index is 1.68. The fraction of sp³-hybridized carbons (Fsp3) is 0.529. The van der Waals surface area contributed by atoms with Crippen molar-refractivity contribution in [1.82, 2.24) is 14.5 Å². The molecule has 1 aliphatic heterocycles. The van der Waals surface area contributed by atoms with Crippen LogP contribution in [0.1, 0.15) is 29.6 Å². The molecule has 0 bridgehead atoms. The Morgan fingerprint density at radius 1 is 1.43 bits per heavy atom. The third kappa shape index (κ3) is 4.09. The van der Waals surface area contributed by atoms with Crippen LogP contribution in [0.4, 0.5) is 5.82 Å². The first-order valence-corrected chi connectivity index (χ1v) is 8.05. The van der Waals surface area contributed by atoms with Crippen molar-refractivity contribution in [3.05, 3.63) is 41.6 Å². The van der Waals surface area contributed by atoms with Gasteiger partial charge in [-0.25, -0.2) is 9.97 Å². The van der Waals surface area contributed by atoms with E-state index < -0.39 is 0 Å². The second kappa shape index (κ2) is 7.57. The van der Waals surface area contributed by atoms with Crippen LogP contribution in [-0.2, 0) is 29.5 Å². The summed E-state index contributed by atoms with van der Waals surface area (Å²) in [7, 11) is 3.73. The lowest BCUT2D eigenvalue weighted by Crippen LogP contribution is -2.12.